The van der Waals surface area contributed by atoms with Gasteiger partial charge in [-0.1, -0.05) is 51.1 Å². The van der Waals surface area contributed by atoms with Crippen molar-refractivity contribution in [2.75, 3.05) is 13.2 Å². The summed E-state index contributed by atoms with van der Waals surface area (Å²) in [4.78, 5) is 34.3. The van der Waals surface area contributed by atoms with Crippen LogP contribution >= 0.6 is 0 Å². The van der Waals surface area contributed by atoms with Gasteiger partial charge in [-0.25, -0.2) is 4.79 Å². The van der Waals surface area contributed by atoms with Crippen LogP contribution in [0.2, 0.25) is 0 Å². The minimum atomic E-state index is -1.70. The number of carbonyl (C=O) groups is 3. The Labute approximate surface area is 341 Å². The molecule has 0 aromatic heterocycles. The molecule has 4 aliphatic rings. The summed E-state index contributed by atoms with van der Waals surface area (Å²) in [5.41, 5.74) is -4.30. The molecule has 0 spiro atoms. The Bertz CT molecular complexity index is 1280. The van der Waals surface area contributed by atoms with Gasteiger partial charge in [-0.3, -0.25) is 4.79 Å². The minimum Gasteiger partial charge on any atom is -0.445 e. The first-order chi connectivity index (χ1) is 20.6. The van der Waals surface area contributed by atoms with E-state index in [0.29, 0.717) is 5.57 Å². The second kappa shape index (κ2) is 16.0. The van der Waals surface area contributed by atoms with Crippen LogP contribution in [0.5, 0.6) is 0 Å². The summed E-state index contributed by atoms with van der Waals surface area (Å²) < 4.78 is 16.7. The van der Waals surface area contributed by atoms with Crippen molar-refractivity contribution in [2.45, 2.75) is 96.0 Å². The summed E-state index contributed by atoms with van der Waals surface area (Å²) in [6, 6.07) is 9.12. The fourth-order valence-electron chi connectivity index (χ4n) is 8.32. The Morgan fingerprint density at radius 3 is 2.30 bits per heavy atom. The quantitative estimate of drug-likeness (QED) is 0.176. The van der Waals surface area contributed by atoms with Crippen LogP contribution in [0, 0.1) is 111 Å². The molecular weight excluding hydrogens is 1030 g/mol. The number of rotatable bonds is 6. The van der Waals surface area contributed by atoms with E-state index in [9.17, 15) is 35.1 Å². The number of aliphatic hydroxyl groups excluding tert-OH is 3. The Hall–Kier alpha value is 0.173. The van der Waals surface area contributed by atoms with E-state index < -0.39 is 76.5 Å². The van der Waals surface area contributed by atoms with Crippen LogP contribution in [-0.2, 0) is 30.4 Å². The van der Waals surface area contributed by atoms with Gasteiger partial charge in [0, 0.05) is 112 Å². The zero-order chi connectivity index (χ0) is 32.8. The number of ketones is 1. The molecule has 5 rings (SSSR count). The molecule has 250 valence electrons. The number of aliphatic hydroxyl groups is 5. The van der Waals surface area contributed by atoms with Crippen LogP contribution in [0.15, 0.2) is 41.5 Å². The third kappa shape index (κ3) is 7.04. The van der Waals surface area contributed by atoms with E-state index in [-0.39, 0.29) is 126 Å². The van der Waals surface area contributed by atoms with Gasteiger partial charge in [0.2, 0.25) is 0 Å². The van der Waals surface area contributed by atoms with E-state index in [1.54, 1.807) is 34.6 Å². The van der Waals surface area contributed by atoms with E-state index in [1.807, 2.05) is 37.1 Å². The van der Waals surface area contributed by atoms with E-state index in [4.69, 9.17) is 19.0 Å². The van der Waals surface area contributed by atoms with Crippen molar-refractivity contribution >= 4 is 18.7 Å². The molecule has 1 amide bonds. The molecule has 14 heteroatoms. The molecule has 12 nitrogen and oxygen atoms in total. The fourth-order valence-corrected chi connectivity index (χ4v) is 8.32. The van der Waals surface area contributed by atoms with Gasteiger partial charge < -0.3 is 49.9 Å². The van der Waals surface area contributed by atoms with Crippen molar-refractivity contribution in [1.82, 2.24) is 5.32 Å². The zero-order valence-corrected chi connectivity index (χ0v) is 36.5. The second-order valence-corrected chi connectivity index (χ2v) is 13.2. The summed E-state index contributed by atoms with van der Waals surface area (Å²) >= 11 is 0. The van der Waals surface area contributed by atoms with E-state index in [0.717, 1.165) is 5.56 Å². The van der Waals surface area contributed by atoms with Crippen molar-refractivity contribution in [2.24, 2.45) is 22.7 Å². The summed E-state index contributed by atoms with van der Waals surface area (Å²) in [6.45, 7) is 10.2. The number of Topliss-reactive ketones (excluding diaryl/α,β-unsaturated/α-hetero) is 1. The standard InChI is InChI=1S/C31H43NO10.CH2O.2Ac/c1-16-19(42-22(34)13-32-27(37)40-14-18-9-7-6-8-10-18)12-31(39)17(2)25-29(5,20(33)11-21-30(25,38)15-41-21)26(36)24(35)23(16)28(31,3)4;1-2;;/h6-10,17,19-22,24-25,33-35,38-39H,11-15H2,1-5H3,(H,32,37);1H2;;/t17?,19?,20?,21?,22?,24?,25?,29-,30+,31?;;;/m1.../s1. The SMILES string of the molecule is C=O.CC1=C2C(O)C(=O)[C@]3(C)C(O)CC4OC[C@@]4(O)C3C(C)C(O)(CC1OC(O)CNC(=O)OCc1ccccc1)C2(C)C.[Ac].[Ac]. The molecule has 6 N–H and O–H groups in total. The fraction of sp³-hybridized carbons (Fsp3) is 0.656. The van der Waals surface area contributed by atoms with Gasteiger partial charge in [0.05, 0.1) is 42.5 Å². The number of benzene rings is 1. The molecule has 10 atom stereocenters. The molecular formula is C32H45Ac2NO11. The molecule has 8 unspecified atom stereocenters. The number of ether oxygens (including phenoxy) is 3. The Morgan fingerprint density at radius 1 is 1.13 bits per heavy atom. The van der Waals surface area contributed by atoms with Crippen LogP contribution in [0.25, 0.3) is 0 Å². The molecule has 1 saturated heterocycles. The largest absolute Gasteiger partial charge is 0.445 e. The maximum absolute atomic E-state index is 14.1. The van der Waals surface area contributed by atoms with Gasteiger partial charge in [-0.15, -0.1) is 0 Å². The van der Waals surface area contributed by atoms with Crippen molar-refractivity contribution < 1.29 is 142 Å². The molecule has 3 aliphatic carbocycles. The molecule has 1 aliphatic heterocycles. The minimum absolute atomic E-state index is 0. The molecule has 3 fully saturated rings. The Balaban J connectivity index is 0.00000181. The first-order valence-electron chi connectivity index (χ1n) is 14.8. The van der Waals surface area contributed by atoms with E-state index >= 15 is 0 Å². The first kappa shape index (κ1) is 42.3. The Morgan fingerprint density at radius 2 is 1.74 bits per heavy atom. The van der Waals surface area contributed by atoms with Crippen LogP contribution in [0.3, 0.4) is 0 Å². The Kier molecular flexibility index (Phi) is 14.7. The van der Waals surface area contributed by atoms with Crippen LogP contribution in [0.4, 0.5) is 4.79 Å². The maximum Gasteiger partial charge on any atom is 0.407 e. The summed E-state index contributed by atoms with van der Waals surface area (Å²) in [5.74, 6) is -2.35. The van der Waals surface area contributed by atoms with Gasteiger partial charge in [0.15, 0.2) is 12.1 Å². The average molecular weight is 1070 g/mol. The summed E-state index contributed by atoms with van der Waals surface area (Å²) in [5, 5.41) is 60.3. The van der Waals surface area contributed by atoms with Crippen molar-refractivity contribution in [3.05, 3.63) is 47.0 Å². The number of carbonyl (C=O) groups excluding carboxylic acids is 3. The van der Waals surface area contributed by atoms with Gasteiger partial charge in [0.25, 0.3) is 0 Å². The predicted octanol–water partition coefficient (Wildman–Crippen LogP) is 1.01. The van der Waals surface area contributed by atoms with E-state index in [2.05, 4.69) is 5.32 Å². The summed E-state index contributed by atoms with van der Waals surface area (Å²) in [6.07, 6.45) is -6.78. The topological polar surface area (TPSA) is 192 Å². The number of hydrogen-bond acceptors (Lipinski definition) is 11. The van der Waals surface area contributed by atoms with Gasteiger partial charge in [-0.05, 0) is 36.5 Å². The van der Waals surface area contributed by atoms with Gasteiger partial charge in [-0.2, -0.15) is 0 Å². The number of fused-ring (bicyclic) bond motifs is 5. The first-order valence-corrected chi connectivity index (χ1v) is 14.8. The van der Waals surface area contributed by atoms with Gasteiger partial charge >= 0.3 is 6.09 Å². The maximum atomic E-state index is 14.1. The van der Waals surface area contributed by atoms with Crippen LogP contribution in [0.1, 0.15) is 53.0 Å². The van der Waals surface area contributed by atoms with Crippen molar-refractivity contribution in [3.63, 3.8) is 0 Å². The average Bonchev–Trinajstić information content (AvgIpc) is 2.99. The molecule has 1 heterocycles. The van der Waals surface area contributed by atoms with Crippen molar-refractivity contribution in [1.29, 1.82) is 0 Å². The van der Waals surface area contributed by atoms with Crippen LogP contribution < -0.4 is 5.32 Å². The summed E-state index contributed by atoms with van der Waals surface area (Å²) in [7, 11) is 0. The molecule has 2 bridgehead atoms. The second-order valence-electron chi connectivity index (χ2n) is 13.2. The van der Waals surface area contributed by atoms with Crippen molar-refractivity contribution in [3.8, 4) is 0 Å². The normalized spacial score (nSPS) is 37.9. The number of nitrogens with one attached hydrogen (secondary N) is 1. The smallest absolute Gasteiger partial charge is 0.407 e. The molecule has 2 saturated carbocycles. The zero-order valence-electron chi connectivity index (χ0n) is 27.0. The monoisotopic (exact) mass is 1070 g/mol. The third-order valence-electron chi connectivity index (χ3n) is 10.8. The molecule has 1 aromatic carbocycles. The molecule has 46 heavy (non-hydrogen) atoms. The van der Waals surface area contributed by atoms with Gasteiger partial charge in [0.1, 0.15) is 25.1 Å². The number of alkyl carbamates (subject to hydrolysis) is 1. The van der Waals surface area contributed by atoms with Crippen LogP contribution in [-0.4, -0.2) is 99.3 Å². The molecule has 1 aromatic rings. The number of hydrogen-bond donors (Lipinski definition) is 6. The van der Waals surface area contributed by atoms with E-state index in [1.165, 1.54) is 0 Å². The molecule has 2 radical (unpaired) electrons. The third-order valence-corrected chi connectivity index (χ3v) is 10.8. The predicted molar refractivity (Wildman–Crippen MR) is 156 cm³/mol. The number of amides is 1.